The lowest BCUT2D eigenvalue weighted by Crippen LogP contribution is -2.30. The van der Waals surface area contributed by atoms with Gasteiger partial charge in [0.15, 0.2) is 0 Å². The van der Waals surface area contributed by atoms with Crippen LogP contribution in [0, 0.1) is 0 Å². The van der Waals surface area contributed by atoms with E-state index in [0.717, 1.165) is 10.2 Å². The highest BCUT2D eigenvalue weighted by molar-refractivity contribution is 8.01. The predicted molar refractivity (Wildman–Crippen MR) is 163 cm³/mol. The molecule has 0 aliphatic carbocycles. The van der Waals surface area contributed by atoms with E-state index >= 15 is 0 Å². The number of azo groups is 2. The van der Waals surface area contributed by atoms with Crippen molar-refractivity contribution >= 4 is 78.7 Å². The number of para-hydroxylation sites is 1. The number of carbonyl (C=O) groups excluding carboxylic acids is 1. The highest BCUT2D eigenvalue weighted by atomic mass is 35.5. The molecule has 2 atom stereocenters. The quantitative estimate of drug-likeness (QED) is 0.188. The van der Waals surface area contributed by atoms with Gasteiger partial charge in [-0.1, -0.05) is 47.2 Å². The van der Waals surface area contributed by atoms with Crippen LogP contribution in [0.25, 0.3) is 10.2 Å². The Hall–Kier alpha value is -4.32. The number of anilines is 1. The topological polar surface area (TPSA) is 123 Å². The van der Waals surface area contributed by atoms with Crippen LogP contribution in [0.1, 0.15) is 17.9 Å². The fraction of sp³-hybridized carbons (Fsp3) is 0.103. The number of amides is 1. The first-order chi connectivity index (χ1) is 19.9. The number of hydrogen-bond acceptors (Lipinski definition) is 10. The van der Waals surface area contributed by atoms with Gasteiger partial charge in [0, 0.05) is 11.6 Å². The van der Waals surface area contributed by atoms with E-state index in [0.29, 0.717) is 38.5 Å². The summed E-state index contributed by atoms with van der Waals surface area (Å²) in [5.74, 6) is -0.260. The summed E-state index contributed by atoms with van der Waals surface area (Å²) < 4.78 is 1.01. The van der Waals surface area contributed by atoms with Crippen LogP contribution in [-0.4, -0.2) is 26.4 Å². The number of rotatable bonds is 6. The van der Waals surface area contributed by atoms with E-state index in [9.17, 15) is 15.0 Å². The minimum Gasteiger partial charge on any atom is -0.508 e. The third kappa shape index (κ3) is 5.51. The average Bonchev–Trinajstić information content (AvgIpc) is 3.52. The summed E-state index contributed by atoms with van der Waals surface area (Å²) in [4.78, 5) is 19.5. The zero-order chi connectivity index (χ0) is 28.5. The predicted octanol–water partition coefficient (Wildman–Crippen LogP) is 9.36. The number of benzene rings is 4. The number of phenolic OH excluding ortho intramolecular Hbond substituents is 2. The Labute approximate surface area is 247 Å². The molecule has 1 aliphatic rings. The molecule has 1 fully saturated rings. The summed E-state index contributed by atoms with van der Waals surface area (Å²) in [6, 6.07) is 24.1. The molecule has 0 bridgehead atoms. The molecule has 2 heterocycles. The molecule has 5 aromatic rings. The van der Waals surface area contributed by atoms with Crippen LogP contribution in [-0.2, 0) is 4.79 Å². The van der Waals surface area contributed by atoms with Crippen LogP contribution < -0.4 is 4.90 Å². The lowest BCUT2D eigenvalue weighted by molar-refractivity contribution is -0.117. The first-order valence-corrected chi connectivity index (χ1v) is 14.6. The molecule has 9 nitrogen and oxygen atoms in total. The Kier molecular flexibility index (Phi) is 7.39. The second-order valence-electron chi connectivity index (χ2n) is 9.07. The standard InChI is InChI=1S/C29H21ClN6O3S2/c1-16-27(39)36(24-15-18(37)11-12-22(24)34-33-21-7-3-2-6-20(21)30)28(40-16)19-14-17(10-13-25(19)38)32-35-29-31-23-8-4-5-9-26(23)41-29/h2-16,28,37-38H,1H3. The van der Waals surface area contributed by atoms with Crippen LogP contribution >= 0.6 is 34.7 Å². The first kappa shape index (κ1) is 26.9. The van der Waals surface area contributed by atoms with Gasteiger partial charge in [0.25, 0.3) is 0 Å². The van der Waals surface area contributed by atoms with E-state index in [2.05, 4.69) is 25.4 Å². The molecule has 41 heavy (non-hydrogen) atoms. The second kappa shape index (κ2) is 11.3. The smallest absolute Gasteiger partial charge is 0.241 e. The van der Waals surface area contributed by atoms with Crippen molar-refractivity contribution in [2.24, 2.45) is 20.5 Å². The minimum atomic E-state index is -0.633. The Bertz CT molecular complexity index is 1810. The minimum absolute atomic E-state index is 0.00673. The average molecular weight is 601 g/mol. The van der Waals surface area contributed by atoms with Gasteiger partial charge in [0.05, 0.1) is 31.9 Å². The molecular weight excluding hydrogens is 580 g/mol. The van der Waals surface area contributed by atoms with Crippen molar-refractivity contribution < 1.29 is 15.0 Å². The van der Waals surface area contributed by atoms with Gasteiger partial charge in [-0.25, -0.2) is 4.98 Å². The number of hydrogen-bond donors (Lipinski definition) is 2. The van der Waals surface area contributed by atoms with Crippen LogP contribution in [0.3, 0.4) is 0 Å². The summed E-state index contributed by atoms with van der Waals surface area (Å²) >= 11 is 9.02. The van der Waals surface area contributed by atoms with Crippen molar-refractivity contribution in [2.75, 3.05) is 4.90 Å². The van der Waals surface area contributed by atoms with Crippen molar-refractivity contribution in [1.82, 2.24) is 4.98 Å². The molecule has 6 rings (SSSR count). The summed E-state index contributed by atoms with van der Waals surface area (Å²) in [5, 5.41) is 38.4. The monoisotopic (exact) mass is 600 g/mol. The van der Waals surface area contributed by atoms with Gasteiger partial charge < -0.3 is 10.2 Å². The largest absolute Gasteiger partial charge is 0.508 e. The third-order valence-corrected chi connectivity index (χ3v) is 8.87. The van der Waals surface area contributed by atoms with Gasteiger partial charge in [-0.3, -0.25) is 9.69 Å². The maximum absolute atomic E-state index is 13.5. The molecule has 0 spiro atoms. The van der Waals surface area contributed by atoms with E-state index < -0.39 is 10.6 Å². The van der Waals surface area contributed by atoms with Gasteiger partial charge in [-0.2, -0.15) is 0 Å². The maximum Gasteiger partial charge on any atom is 0.241 e. The molecule has 1 amide bonds. The number of fused-ring (bicyclic) bond motifs is 1. The lowest BCUT2D eigenvalue weighted by atomic mass is 10.1. The molecule has 12 heteroatoms. The SMILES string of the molecule is CC1SC(c2cc(N=Nc3nc4ccccc4s3)ccc2O)N(c2cc(O)ccc2N=Nc2ccccc2Cl)C1=O. The first-order valence-electron chi connectivity index (χ1n) is 12.5. The molecule has 2 unspecified atom stereocenters. The Balaban J connectivity index is 1.36. The number of thioether (sulfide) groups is 1. The summed E-state index contributed by atoms with van der Waals surface area (Å²) in [5.41, 5.74) is 2.95. The van der Waals surface area contributed by atoms with Gasteiger partial charge in [-0.15, -0.1) is 32.2 Å². The molecule has 1 aliphatic heterocycles. The van der Waals surface area contributed by atoms with Crippen molar-refractivity contribution in [2.45, 2.75) is 17.5 Å². The number of phenols is 2. The van der Waals surface area contributed by atoms with Crippen LogP contribution in [0.4, 0.5) is 27.9 Å². The highest BCUT2D eigenvalue weighted by Crippen LogP contribution is 2.51. The molecular formula is C29H21ClN6O3S2. The van der Waals surface area contributed by atoms with Gasteiger partial charge in [0.1, 0.15) is 28.2 Å². The molecule has 0 saturated carbocycles. The molecule has 204 valence electrons. The van der Waals surface area contributed by atoms with Crippen LogP contribution in [0.5, 0.6) is 11.5 Å². The summed E-state index contributed by atoms with van der Waals surface area (Å²) in [6.45, 7) is 1.79. The second-order valence-corrected chi connectivity index (χ2v) is 11.9. The fourth-order valence-corrected chi connectivity index (χ4v) is 6.57. The molecule has 1 aromatic heterocycles. The van der Waals surface area contributed by atoms with E-state index in [1.165, 1.54) is 46.2 Å². The zero-order valence-electron chi connectivity index (χ0n) is 21.4. The van der Waals surface area contributed by atoms with Crippen molar-refractivity contribution in [1.29, 1.82) is 0 Å². The van der Waals surface area contributed by atoms with Gasteiger partial charge in [0.2, 0.25) is 11.0 Å². The molecule has 4 aromatic carbocycles. The number of aromatic nitrogens is 1. The van der Waals surface area contributed by atoms with Crippen molar-refractivity contribution in [3.8, 4) is 11.5 Å². The van der Waals surface area contributed by atoms with E-state index in [4.69, 9.17) is 11.6 Å². The molecule has 0 radical (unpaired) electrons. The van der Waals surface area contributed by atoms with E-state index in [-0.39, 0.29) is 17.4 Å². The Morgan fingerprint density at radius 2 is 1.66 bits per heavy atom. The number of aromatic hydroxyl groups is 2. The number of thiazole rings is 1. The Morgan fingerprint density at radius 1 is 0.878 bits per heavy atom. The van der Waals surface area contributed by atoms with Gasteiger partial charge >= 0.3 is 0 Å². The molecule has 1 saturated heterocycles. The highest BCUT2D eigenvalue weighted by Gasteiger charge is 2.42. The number of carbonyl (C=O) groups is 1. The maximum atomic E-state index is 13.5. The normalized spacial score (nSPS) is 17.4. The summed E-state index contributed by atoms with van der Waals surface area (Å²) in [6.07, 6.45) is 0. The fourth-order valence-electron chi connectivity index (χ4n) is 4.32. The van der Waals surface area contributed by atoms with E-state index in [1.807, 2.05) is 24.3 Å². The van der Waals surface area contributed by atoms with Gasteiger partial charge in [-0.05, 0) is 61.5 Å². The van der Waals surface area contributed by atoms with Crippen LogP contribution in [0.2, 0.25) is 5.02 Å². The van der Waals surface area contributed by atoms with Crippen molar-refractivity contribution in [3.63, 3.8) is 0 Å². The van der Waals surface area contributed by atoms with Crippen LogP contribution in [0.15, 0.2) is 105 Å². The van der Waals surface area contributed by atoms with Crippen molar-refractivity contribution in [3.05, 3.63) is 95.5 Å². The molecule has 2 N–H and O–H groups in total. The number of nitrogens with zero attached hydrogens (tertiary/aromatic N) is 6. The Morgan fingerprint density at radius 3 is 2.49 bits per heavy atom. The lowest BCUT2D eigenvalue weighted by Gasteiger charge is -2.26. The summed E-state index contributed by atoms with van der Waals surface area (Å²) in [7, 11) is 0. The zero-order valence-corrected chi connectivity index (χ0v) is 23.8. The van der Waals surface area contributed by atoms with E-state index in [1.54, 1.807) is 49.4 Å². The number of halogens is 1. The third-order valence-electron chi connectivity index (χ3n) is 6.30.